The van der Waals surface area contributed by atoms with Crippen LogP contribution in [-0.4, -0.2) is 36.2 Å². The predicted octanol–water partition coefficient (Wildman–Crippen LogP) is 0.513. The summed E-state index contributed by atoms with van der Waals surface area (Å²) < 4.78 is 5.47. The van der Waals surface area contributed by atoms with Gasteiger partial charge >= 0.3 is 0 Å². The van der Waals surface area contributed by atoms with Crippen molar-refractivity contribution in [3.8, 4) is 12.1 Å². The molecule has 1 rings (SSSR count). The highest BCUT2D eigenvalue weighted by molar-refractivity contribution is 5.08. The molecule has 0 aromatic carbocycles. The Morgan fingerprint density at radius 1 is 1.38 bits per heavy atom. The van der Waals surface area contributed by atoms with Gasteiger partial charge in [0.1, 0.15) is 0 Å². The fourth-order valence-corrected chi connectivity index (χ4v) is 1.47. The zero-order chi connectivity index (χ0) is 9.90. The second-order valence-corrected chi connectivity index (χ2v) is 3.74. The summed E-state index contributed by atoms with van der Waals surface area (Å²) in [6.45, 7) is 5.82. The van der Waals surface area contributed by atoms with Crippen molar-refractivity contribution in [1.82, 2.24) is 4.90 Å². The van der Waals surface area contributed by atoms with Crippen LogP contribution in [0, 0.1) is 22.7 Å². The van der Waals surface area contributed by atoms with Crippen LogP contribution < -0.4 is 0 Å². The molecular weight excluding hydrogens is 166 g/mol. The summed E-state index contributed by atoms with van der Waals surface area (Å²) in [6, 6.07) is 3.30. The van der Waals surface area contributed by atoms with Gasteiger partial charge in [0, 0.05) is 13.1 Å². The van der Waals surface area contributed by atoms with E-state index >= 15 is 0 Å². The molecule has 0 atom stereocenters. The van der Waals surface area contributed by atoms with E-state index in [-0.39, 0.29) is 5.60 Å². The Labute approximate surface area is 78.3 Å². The van der Waals surface area contributed by atoms with E-state index in [0.29, 0.717) is 19.7 Å². The van der Waals surface area contributed by atoms with Gasteiger partial charge in [-0.3, -0.25) is 4.90 Å². The molecule has 0 aliphatic carbocycles. The van der Waals surface area contributed by atoms with Crippen LogP contribution in [0.1, 0.15) is 13.8 Å². The lowest BCUT2D eigenvalue weighted by Crippen LogP contribution is -2.51. The molecular formula is C9H13N3O. The zero-order valence-corrected chi connectivity index (χ0v) is 7.95. The summed E-state index contributed by atoms with van der Waals surface area (Å²) in [5.41, 5.74) is -0.246. The van der Waals surface area contributed by atoms with Crippen LogP contribution in [-0.2, 0) is 4.74 Å². The summed E-state index contributed by atoms with van der Waals surface area (Å²) in [6.07, 6.45) is 0. The molecule has 0 aromatic heterocycles. The van der Waals surface area contributed by atoms with Crippen molar-refractivity contribution in [1.29, 1.82) is 10.5 Å². The van der Waals surface area contributed by atoms with Crippen molar-refractivity contribution >= 4 is 0 Å². The monoisotopic (exact) mass is 179 g/mol. The number of rotatable bonds is 1. The lowest BCUT2D eigenvalue weighted by atomic mass is 10.1. The summed E-state index contributed by atoms with van der Waals surface area (Å²) >= 11 is 0. The van der Waals surface area contributed by atoms with Crippen molar-refractivity contribution in [3.05, 3.63) is 0 Å². The first-order chi connectivity index (χ1) is 6.09. The minimum Gasteiger partial charge on any atom is -0.373 e. The van der Waals surface area contributed by atoms with E-state index < -0.39 is 6.04 Å². The largest absolute Gasteiger partial charge is 0.373 e. The first kappa shape index (κ1) is 9.98. The van der Waals surface area contributed by atoms with E-state index in [1.807, 2.05) is 30.9 Å². The lowest BCUT2D eigenvalue weighted by molar-refractivity contribution is -0.0876. The second-order valence-electron chi connectivity index (χ2n) is 3.74. The minimum atomic E-state index is -0.636. The number of hydrogen-bond acceptors (Lipinski definition) is 4. The van der Waals surface area contributed by atoms with E-state index in [1.165, 1.54) is 0 Å². The Morgan fingerprint density at radius 2 is 2.00 bits per heavy atom. The number of morpholine rings is 1. The Kier molecular flexibility index (Phi) is 2.87. The highest BCUT2D eigenvalue weighted by Crippen LogP contribution is 2.17. The number of nitrogens with zero attached hydrogens (tertiary/aromatic N) is 3. The third kappa shape index (κ3) is 2.42. The molecule has 0 saturated carbocycles. The summed E-state index contributed by atoms with van der Waals surface area (Å²) in [7, 11) is 0. The van der Waals surface area contributed by atoms with Gasteiger partial charge in [-0.15, -0.1) is 0 Å². The maximum absolute atomic E-state index is 8.69. The van der Waals surface area contributed by atoms with Crippen LogP contribution in [0.4, 0.5) is 0 Å². The smallest absolute Gasteiger partial charge is 0.186 e. The van der Waals surface area contributed by atoms with E-state index in [0.717, 1.165) is 0 Å². The predicted molar refractivity (Wildman–Crippen MR) is 46.6 cm³/mol. The van der Waals surface area contributed by atoms with Gasteiger partial charge in [-0.1, -0.05) is 0 Å². The molecule has 0 unspecified atom stereocenters. The molecule has 1 aliphatic heterocycles. The van der Waals surface area contributed by atoms with Crippen molar-refractivity contribution < 1.29 is 4.74 Å². The molecule has 1 aliphatic rings. The van der Waals surface area contributed by atoms with E-state index in [4.69, 9.17) is 15.3 Å². The first-order valence-corrected chi connectivity index (χ1v) is 4.26. The van der Waals surface area contributed by atoms with Crippen LogP contribution in [0.5, 0.6) is 0 Å². The van der Waals surface area contributed by atoms with Gasteiger partial charge in [-0.05, 0) is 13.8 Å². The number of hydrogen-bond donors (Lipinski definition) is 0. The van der Waals surface area contributed by atoms with Gasteiger partial charge in [0.05, 0.1) is 24.3 Å². The fourth-order valence-electron chi connectivity index (χ4n) is 1.47. The van der Waals surface area contributed by atoms with E-state index in [1.54, 1.807) is 0 Å². The second kappa shape index (κ2) is 3.74. The van der Waals surface area contributed by atoms with Crippen LogP contribution in [0.2, 0.25) is 0 Å². The molecule has 13 heavy (non-hydrogen) atoms. The molecule has 0 amide bonds. The summed E-state index contributed by atoms with van der Waals surface area (Å²) in [4.78, 5) is 1.85. The molecule has 0 aromatic rings. The average Bonchev–Trinajstić information content (AvgIpc) is 2.05. The van der Waals surface area contributed by atoms with E-state index in [9.17, 15) is 0 Å². The topological polar surface area (TPSA) is 60.0 Å². The Balaban J connectivity index is 2.63. The molecule has 0 bridgehead atoms. The molecule has 1 fully saturated rings. The molecule has 1 saturated heterocycles. The molecule has 4 nitrogen and oxygen atoms in total. The number of nitriles is 2. The van der Waals surface area contributed by atoms with Crippen LogP contribution in [0.25, 0.3) is 0 Å². The van der Waals surface area contributed by atoms with E-state index in [2.05, 4.69) is 0 Å². The van der Waals surface area contributed by atoms with Gasteiger partial charge in [-0.25, -0.2) is 0 Å². The van der Waals surface area contributed by atoms with Crippen molar-refractivity contribution in [2.45, 2.75) is 25.5 Å². The maximum atomic E-state index is 8.69. The highest BCUT2D eigenvalue weighted by Gasteiger charge is 2.31. The summed E-state index contributed by atoms with van der Waals surface area (Å²) in [5, 5.41) is 17.4. The summed E-state index contributed by atoms with van der Waals surface area (Å²) in [5.74, 6) is 0. The normalized spacial score (nSPS) is 22.2. The fraction of sp³-hybridized carbons (Fsp3) is 0.778. The van der Waals surface area contributed by atoms with Crippen molar-refractivity contribution in [2.24, 2.45) is 0 Å². The molecule has 0 spiro atoms. The van der Waals surface area contributed by atoms with Gasteiger partial charge in [0.15, 0.2) is 6.04 Å². The van der Waals surface area contributed by atoms with Crippen molar-refractivity contribution in [3.63, 3.8) is 0 Å². The lowest BCUT2D eigenvalue weighted by Gasteiger charge is -2.38. The zero-order valence-electron chi connectivity index (χ0n) is 7.95. The molecule has 70 valence electrons. The molecule has 4 heteroatoms. The van der Waals surface area contributed by atoms with Gasteiger partial charge in [-0.2, -0.15) is 10.5 Å². The quantitative estimate of drug-likeness (QED) is 0.588. The minimum absolute atomic E-state index is 0.246. The average molecular weight is 179 g/mol. The standard InChI is InChI=1S/C9H13N3O/c1-9(2)7-12(3-4-13-9)8(5-10)6-11/h8H,3-4,7H2,1-2H3. The Morgan fingerprint density at radius 3 is 2.46 bits per heavy atom. The first-order valence-electron chi connectivity index (χ1n) is 4.26. The van der Waals surface area contributed by atoms with Crippen LogP contribution >= 0.6 is 0 Å². The third-order valence-electron chi connectivity index (χ3n) is 2.06. The van der Waals surface area contributed by atoms with Gasteiger partial charge in [0.25, 0.3) is 0 Å². The van der Waals surface area contributed by atoms with Crippen LogP contribution in [0.15, 0.2) is 0 Å². The Hall–Kier alpha value is -1.10. The van der Waals surface area contributed by atoms with Gasteiger partial charge in [0.2, 0.25) is 0 Å². The Bertz CT molecular complexity index is 247. The maximum Gasteiger partial charge on any atom is 0.186 e. The SMILES string of the molecule is CC1(C)CN(C(C#N)C#N)CCO1. The van der Waals surface area contributed by atoms with Crippen LogP contribution in [0.3, 0.4) is 0 Å². The van der Waals surface area contributed by atoms with Crippen molar-refractivity contribution in [2.75, 3.05) is 19.7 Å². The highest BCUT2D eigenvalue weighted by atomic mass is 16.5. The molecule has 0 N–H and O–H groups in total. The molecule has 1 heterocycles. The third-order valence-corrected chi connectivity index (χ3v) is 2.06. The van der Waals surface area contributed by atoms with Gasteiger partial charge < -0.3 is 4.74 Å². The number of ether oxygens (including phenoxy) is 1. The molecule has 0 radical (unpaired) electrons.